The summed E-state index contributed by atoms with van der Waals surface area (Å²) in [5.74, 6) is 0.370. The number of methoxy groups -OCH3 is 1. The predicted octanol–water partition coefficient (Wildman–Crippen LogP) is 4.99. The Morgan fingerprint density at radius 1 is 1.03 bits per heavy atom. The molecule has 0 unspecified atom stereocenters. The zero-order valence-corrected chi connectivity index (χ0v) is 17.1. The fraction of sp³-hybridized carbons (Fsp3) is 0.125. The number of fused-ring (bicyclic) bond motifs is 1. The van der Waals surface area contributed by atoms with Crippen LogP contribution in [0.15, 0.2) is 67.4 Å². The van der Waals surface area contributed by atoms with Crippen molar-refractivity contribution in [1.82, 2.24) is 24.7 Å². The third-order valence-electron chi connectivity index (χ3n) is 5.27. The van der Waals surface area contributed by atoms with Crippen molar-refractivity contribution in [3.63, 3.8) is 0 Å². The van der Waals surface area contributed by atoms with Gasteiger partial charge in [-0.3, -0.25) is 4.68 Å². The average molecular weight is 413 g/mol. The second-order valence-electron chi connectivity index (χ2n) is 7.43. The molecule has 154 valence electrons. The van der Waals surface area contributed by atoms with Crippen LogP contribution in [0.4, 0.5) is 4.39 Å². The molecule has 1 N–H and O–H groups in total. The molecule has 0 amide bonds. The van der Waals surface area contributed by atoms with Crippen LogP contribution in [0, 0.1) is 12.7 Å². The van der Waals surface area contributed by atoms with Gasteiger partial charge in [0.05, 0.1) is 19.9 Å². The van der Waals surface area contributed by atoms with E-state index < -0.39 is 0 Å². The largest absolute Gasteiger partial charge is 0.481 e. The summed E-state index contributed by atoms with van der Waals surface area (Å²) in [4.78, 5) is 12.2. The van der Waals surface area contributed by atoms with Crippen molar-refractivity contribution >= 4 is 11.0 Å². The second kappa shape index (κ2) is 7.68. The van der Waals surface area contributed by atoms with E-state index in [0.717, 1.165) is 44.4 Å². The SMILES string of the molecule is COc1ncc(-c2cnc3[nH]cc(-c4cnn(Cc5cccc(F)c5)c4)c3c2)cc1C. The fourth-order valence-corrected chi connectivity index (χ4v) is 3.75. The lowest BCUT2D eigenvalue weighted by Crippen LogP contribution is -1.99. The van der Waals surface area contributed by atoms with E-state index >= 15 is 0 Å². The minimum absolute atomic E-state index is 0.247. The van der Waals surface area contributed by atoms with E-state index in [2.05, 4.69) is 26.1 Å². The van der Waals surface area contributed by atoms with Crippen LogP contribution in [0.1, 0.15) is 11.1 Å². The van der Waals surface area contributed by atoms with Gasteiger partial charge in [0.1, 0.15) is 11.5 Å². The van der Waals surface area contributed by atoms with Crippen molar-refractivity contribution < 1.29 is 9.13 Å². The van der Waals surface area contributed by atoms with Gasteiger partial charge >= 0.3 is 0 Å². The molecule has 0 saturated carbocycles. The molecule has 0 aliphatic heterocycles. The Labute approximate surface area is 178 Å². The van der Waals surface area contributed by atoms with Gasteiger partial charge < -0.3 is 9.72 Å². The van der Waals surface area contributed by atoms with E-state index in [9.17, 15) is 4.39 Å². The van der Waals surface area contributed by atoms with Crippen molar-refractivity contribution in [3.05, 3.63) is 84.3 Å². The number of nitrogens with one attached hydrogen (secondary N) is 1. The van der Waals surface area contributed by atoms with E-state index in [4.69, 9.17) is 4.74 Å². The highest BCUT2D eigenvalue weighted by Crippen LogP contribution is 2.31. The maximum atomic E-state index is 13.5. The number of aromatic nitrogens is 5. The molecule has 0 bridgehead atoms. The van der Waals surface area contributed by atoms with Crippen molar-refractivity contribution in [2.45, 2.75) is 13.5 Å². The number of benzene rings is 1. The molecule has 0 aliphatic rings. The van der Waals surface area contributed by atoms with E-state index in [1.54, 1.807) is 24.1 Å². The molecule has 5 aromatic rings. The number of H-pyrrole nitrogens is 1. The van der Waals surface area contributed by atoms with E-state index in [-0.39, 0.29) is 5.82 Å². The van der Waals surface area contributed by atoms with E-state index in [1.165, 1.54) is 12.1 Å². The molecule has 0 radical (unpaired) electrons. The minimum Gasteiger partial charge on any atom is -0.481 e. The zero-order chi connectivity index (χ0) is 21.4. The molecule has 4 aromatic heterocycles. The Morgan fingerprint density at radius 3 is 2.68 bits per heavy atom. The van der Waals surface area contributed by atoms with Crippen LogP contribution in [0.25, 0.3) is 33.3 Å². The summed E-state index contributed by atoms with van der Waals surface area (Å²) < 4.78 is 20.5. The number of pyridine rings is 2. The van der Waals surface area contributed by atoms with Gasteiger partial charge in [-0.25, -0.2) is 14.4 Å². The highest BCUT2D eigenvalue weighted by molar-refractivity contribution is 5.95. The summed E-state index contributed by atoms with van der Waals surface area (Å²) >= 11 is 0. The first-order valence-corrected chi connectivity index (χ1v) is 9.86. The molecule has 31 heavy (non-hydrogen) atoms. The van der Waals surface area contributed by atoms with Gasteiger partial charge in [-0.2, -0.15) is 5.10 Å². The van der Waals surface area contributed by atoms with Gasteiger partial charge in [-0.05, 0) is 36.8 Å². The molecule has 4 heterocycles. The molecule has 0 saturated heterocycles. The smallest absolute Gasteiger partial charge is 0.215 e. The first kappa shape index (κ1) is 19.0. The summed E-state index contributed by atoms with van der Waals surface area (Å²) in [5, 5.41) is 5.45. The summed E-state index contributed by atoms with van der Waals surface area (Å²) in [7, 11) is 1.61. The highest BCUT2D eigenvalue weighted by atomic mass is 19.1. The average Bonchev–Trinajstić information content (AvgIpc) is 3.40. The van der Waals surface area contributed by atoms with Crippen molar-refractivity contribution in [1.29, 1.82) is 0 Å². The molecule has 0 aliphatic carbocycles. The van der Waals surface area contributed by atoms with Gasteiger partial charge in [0.25, 0.3) is 0 Å². The van der Waals surface area contributed by atoms with Gasteiger partial charge in [0.2, 0.25) is 5.88 Å². The number of halogens is 1. The maximum absolute atomic E-state index is 13.5. The summed E-state index contributed by atoms with van der Waals surface area (Å²) in [6.45, 7) is 2.47. The van der Waals surface area contributed by atoms with Crippen LogP contribution in [0.5, 0.6) is 5.88 Å². The molecular formula is C24H20FN5O. The quantitative estimate of drug-likeness (QED) is 0.441. The topological polar surface area (TPSA) is 68.6 Å². The van der Waals surface area contributed by atoms with Gasteiger partial charge in [-0.1, -0.05) is 12.1 Å². The van der Waals surface area contributed by atoms with Crippen LogP contribution in [0.2, 0.25) is 0 Å². The molecule has 6 nitrogen and oxygen atoms in total. The molecule has 5 rings (SSSR count). The lowest BCUT2D eigenvalue weighted by Gasteiger charge is -2.07. The second-order valence-corrected chi connectivity index (χ2v) is 7.43. The molecule has 7 heteroatoms. The van der Waals surface area contributed by atoms with E-state index in [0.29, 0.717) is 12.4 Å². The van der Waals surface area contributed by atoms with Crippen LogP contribution >= 0.6 is 0 Å². The fourth-order valence-electron chi connectivity index (χ4n) is 3.75. The molecule has 1 aromatic carbocycles. The normalized spacial score (nSPS) is 11.2. The monoisotopic (exact) mass is 413 g/mol. The van der Waals surface area contributed by atoms with E-state index in [1.807, 2.05) is 43.8 Å². The van der Waals surface area contributed by atoms with Crippen LogP contribution < -0.4 is 4.74 Å². The van der Waals surface area contributed by atoms with Crippen molar-refractivity contribution in [2.75, 3.05) is 7.11 Å². The molecule has 0 atom stereocenters. The molecular weight excluding hydrogens is 393 g/mol. The maximum Gasteiger partial charge on any atom is 0.215 e. The minimum atomic E-state index is -0.247. The lowest BCUT2D eigenvalue weighted by atomic mass is 10.0. The zero-order valence-electron chi connectivity index (χ0n) is 17.1. The number of aryl methyl sites for hydroxylation is 1. The third kappa shape index (κ3) is 3.66. The Bertz CT molecular complexity index is 1390. The number of nitrogens with zero attached hydrogens (tertiary/aromatic N) is 4. The number of aromatic amines is 1. The Balaban J connectivity index is 1.49. The Hall–Kier alpha value is -4.00. The van der Waals surface area contributed by atoms with Crippen molar-refractivity contribution in [2.24, 2.45) is 0 Å². The predicted molar refractivity (Wildman–Crippen MR) is 117 cm³/mol. The Morgan fingerprint density at radius 2 is 1.87 bits per heavy atom. The lowest BCUT2D eigenvalue weighted by molar-refractivity contribution is 0.394. The number of ether oxygens (including phenoxy) is 1. The Kier molecular flexibility index (Phi) is 4.71. The standard InChI is InChI=1S/C24H20FN5O/c1-15-6-17(10-28-24(15)31-2)18-8-21-22(12-27-23(21)26-9-18)19-11-29-30(14-19)13-16-4-3-5-20(25)7-16/h3-12,14H,13H2,1-2H3,(H,26,27). The number of rotatable bonds is 5. The third-order valence-corrected chi connectivity index (χ3v) is 5.27. The summed E-state index contributed by atoms with van der Waals surface area (Å²) in [6, 6.07) is 10.7. The first-order valence-electron chi connectivity index (χ1n) is 9.86. The summed E-state index contributed by atoms with van der Waals surface area (Å²) in [6.07, 6.45) is 9.33. The highest BCUT2D eigenvalue weighted by Gasteiger charge is 2.12. The van der Waals surface area contributed by atoms with Crippen LogP contribution in [-0.2, 0) is 6.54 Å². The summed E-state index contributed by atoms with van der Waals surface area (Å²) in [5.41, 5.74) is 6.54. The van der Waals surface area contributed by atoms with Crippen LogP contribution in [0.3, 0.4) is 0 Å². The van der Waals surface area contributed by atoms with Gasteiger partial charge in [0, 0.05) is 58.0 Å². The molecule has 0 spiro atoms. The van der Waals surface area contributed by atoms with Gasteiger partial charge in [-0.15, -0.1) is 0 Å². The van der Waals surface area contributed by atoms with Gasteiger partial charge in [0.15, 0.2) is 0 Å². The number of hydrogen-bond donors (Lipinski definition) is 1. The first-order chi connectivity index (χ1) is 15.1. The van der Waals surface area contributed by atoms with Crippen LogP contribution in [-0.4, -0.2) is 31.8 Å². The number of hydrogen-bond acceptors (Lipinski definition) is 4. The molecule has 0 fully saturated rings. The van der Waals surface area contributed by atoms with Crippen molar-refractivity contribution in [3.8, 4) is 28.1 Å².